The Hall–Kier alpha value is -3.34. The molecule has 1 aliphatic rings. The molecule has 2 aromatic carbocycles. The third-order valence-electron chi connectivity index (χ3n) is 6.00. The molecule has 166 valence electrons. The van der Waals surface area contributed by atoms with Crippen LogP contribution in [-0.2, 0) is 24.0 Å². The van der Waals surface area contributed by atoms with Gasteiger partial charge in [-0.05, 0) is 73.1 Å². The van der Waals surface area contributed by atoms with Gasteiger partial charge in [0.15, 0.2) is 0 Å². The third-order valence-corrected chi connectivity index (χ3v) is 6.00. The SMILES string of the molecule is CN(CCCN1c2ccccc2CCc2ccccc21)C(=O)OCCCc1ccncc1. The zero-order valence-electron chi connectivity index (χ0n) is 18.7. The Balaban J connectivity index is 1.28. The van der Waals surface area contributed by atoms with Crippen LogP contribution in [0.3, 0.4) is 0 Å². The van der Waals surface area contributed by atoms with Gasteiger partial charge < -0.3 is 14.5 Å². The number of aromatic nitrogens is 1. The first-order valence-corrected chi connectivity index (χ1v) is 11.4. The van der Waals surface area contributed by atoms with Gasteiger partial charge in [-0.1, -0.05) is 36.4 Å². The van der Waals surface area contributed by atoms with Gasteiger partial charge in [-0.15, -0.1) is 0 Å². The summed E-state index contributed by atoms with van der Waals surface area (Å²) in [5.74, 6) is 0. The second kappa shape index (κ2) is 10.8. The number of benzene rings is 2. The van der Waals surface area contributed by atoms with Crippen molar-refractivity contribution in [1.82, 2.24) is 9.88 Å². The Morgan fingerprint density at radius 1 is 0.938 bits per heavy atom. The van der Waals surface area contributed by atoms with Gasteiger partial charge in [-0.25, -0.2) is 4.79 Å². The number of hydrogen-bond donors (Lipinski definition) is 0. The molecule has 1 aromatic heterocycles. The van der Waals surface area contributed by atoms with Crippen molar-refractivity contribution in [2.45, 2.75) is 32.1 Å². The zero-order valence-corrected chi connectivity index (χ0v) is 18.7. The molecule has 5 nitrogen and oxygen atoms in total. The van der Waals surface area contributed by atoms with E-state index in [4.69, 9.17) is 4.74 Å². The number of amides is 1. The fourth-order valence-corrected chi connectivity index (χ4v) is 4.26. The number of anilines is 2. The summed E-state index contributed by atoms with van der Waals surface area (Å²) < 4.78 is 5.46. The van der Waals surface area contributed by atoms with Crippen molar-refractivity contribution in [3.63, 3.8) is 0 Å². The number of aryl methyl sites for hydroxylation is 3. The fourth-order valence-electron chi connectivity index (χ4n) is 4.26. The molecule has 0 radical (unpaired) electrons. The van der Waals surface area contributed by atoms with Gasteiger partial charge in [0.1, 0.15) is 0 Å². The minimum atomic E-state index is -0.253. The molecule has 0 atom stereocenters. The number of ether oxygens (including phenoxy) is 1. The van der Waals surface area contributed by atoms with Crippen LogP contribution in [0.25, 0.3) is 0 Å². The van der Waals surface area contributed by atoms with E-state index < -0.39 is 0 Å². The van der Waals surface area contributed by atoms with Crippen LogP contribution >= 0.6 is 0 Å². The van der Waals surface area contributed by atoms with E-state index >= 15 is 0 Å². The molecule has 0 N–H and O–H groups in total. The van der Waals surface area contributed by atoms with Gasteiger partial charge in [0.25, 0.3) is 0 Å². The molecule has 0 bridgehead atoms. The standard InChI is InChI=1S/C27H31N3O2/c1-29(27(31)32-21-6-8-22-15-17-28-18-16-22)19-7-20-30-25-11-4-2-9-23(25)13-14-24-10-3-5-12-26(24)30/h2-5,9-12,15-18H,6-8,13-14,19-21H2,1H3. The Morgan fingerprint density at radius 3 is 2.22 bits per heavy atom. The number of carbonyl (C=O) groups excluding carboxylic acids is 1. The van der Waals surface area contributed by atoms with Crippen LogP contribution in [0.2, 0.25) is 0 Å². The summed E-state index contributed by atoms with van der Waals surface area (Å²) in [5, 5.41) is 0. The Bertz CT molecular complexity index is 975. The van der Waals surface area contributed by atoms with Crippen molar-refractivity contribution in [3.05, 3.63) is 89.7 Å². The van der Waals surface area contributed by atoms with Crippen molar-refractivity contribution >= 4 is 17.5 Å². The monoisotopic (exact) mass is 429 g/mol. The quantitative estimate of drug-likeness (QED) is 0.449. The lowest BCUT2D eigenvalue weighted by molar-refractivity contribution is 0.110. The third kappa shape index (κ3) is 5.47. The van der Waals surface area contributed by atoms with Crippen LogP contribution in [0.4, 0.5) is 16.2 Å². The molecule has 1 amide bonds. The number of rotatable bonds is 8. The van der Waals surface area contributed by atoms with Crippen LogP contribution in [0.5, 0.6) is 0 Å². The lowest BCUT2D eigenvalue weighted by Gasteiger charge is -2.28. The molecule has 0 saturated carbocycles. The average molecular weight is 430 g/mol. The van der Waals surface area contributed by atoms with Gasteiger partial charge in [-0.2, -0.15) is 0 Å². The molecule has 0 spiro atoms. The molecule has 5 heteroatoms. The van der Waals surface area contributed by atoms with Gasteiger partial charge in [0.05, 0.1) is 6.61 Å². The largest absolute Gasteiger partial charge is 0.449 e. The average Bonchev–Trinajstić information content (AvgIpc) is 2.99. The smallest absolute Gasteiger partial charge is 0.409 e. The summed E-state index contributed by atoms with van der Waals surface area (Å²) in [5.41, 5.74) is 6.52. The molecule has 0 saturated heterocycles. The summed E-state index contributed by atoms with van der Waals surface area (Å²) >= 11 is 0. The molecule has 1 aliphatic heterocycles. The van der Waals surface area contributed by atoms with E-state index in [-0.39, 0.29) is 6.09 Å². The normalized spacial score (nSPS) is 12.5. The van der Waals surface area contributed by atoms with Crippen molar-refractivity contribution in [2.75, 3.05) is 31.6 Å². The van der Waals surface area contributed by atoms with E-state index in [1.807, 2.05) is 19.2 Å². The number of hydrogen-bond acceptors (Lipinski definition) is 4. The number of pyridine rings is 1. The maximum absolute atomic E-state index is 12.4. The van der Waals surface area contributed by atoms with Crippen LogP contribution in [0.15, 0.2) is 73.1 Å². The second-order valence-electron chi connectivity index (χ2n) is 8.26. The van der Waals surface area contributed by atoms with Gasteiger partial charge in [-0.3, -0.25) is 4.98 Å². The van der Waals surface area contributed by atoms with E-state index in [9.17, 15) is 4.79 Å². The maximum Gasteiger partial charge on any atom is 0.409 e. The van der Waals surface area contributed by atoms with E-state index in [0.717, 1.165) is 38.6 Å². The first-order valence-electron chi connectivity index (χ1n) is 11.4. The Morgan fingerprint density at radius 2 is 1.56 bits per heavy atom. The summed E-state index contributed by atoms with van der Waals surface area (Å²) in [6, 6.07) is 21.3. The molecule has 4 rings (SSSR count). The van der Waals surface area contributed by atoms with Crippen LogP contribution in [-0.4, -0.2) is 42.7 Å². The first kappa shape index (κ1) is 21.9. The molecular formula is C27H31N3O2. The Labute approximate surface area is 190 Å². The van der Waals surface area contributed by atoms with Crippen molar-refractivity contribution < 1.29 is 9.53 Å². The molecule has 0 fully saturated rings. The molecular weight excluding hydrogens is 398 g/mol. The van der Waals surface area contributed by atoms with E-state index in [1.165, 1.54) is 28.1 Å². The fraction of sp³-hybridized carbons (Fsp3) is 0.333. The van der Waals surface area contributed by atoms with Gasteiger partial charge >= 0.3 is 6.09 Å². The number of nitrogens with zero attached hydrogens (tertiary/aromatic N) is 3. The van der Waals surface area contributed by atoms with E-state index in [2.05, 4.69) is 58.4 Å². The molecule has 0 unspecified atom stereocenters. The minimum Gasteiger partial charge on any atom is -0.449 e. The highest BCUT2D eigenvalue weighted by molar-refractivity contribution is 5.71. The highest BCUT2D eigenvalue weighted by Crippen LogP contribution is 2.35. The lowest BCUT2D eigenvalue weighted by Crippen LogP contribution is -2.31. The number of para-hydroxylation sites is 2. The first-order chi connectivity index (χ1) is 15.7. The lowest BCUT2D eigenvalue weighted by atomic mass is 10.0. The number of carbonyl (C=O) groups is 1. The predicted octanol–water partition coefficient (Wildman–Crippen LogP) is 5.41. The highest BCUT2D eigenvalue weighted by Gasteiger charge is 2.20. The topological polar surface area (TPSA) is 45.7 Å². The van der Waals surface area contributed by atoms with Crippen LogP contribution in [0.1, 0.15) is 29.5 Å². The van der Waals surface area contributed by atoms with Crippen LogP contribution in [0, 0.1) is 0 Å². The van der Waals surface area contributed by atoms with Crippen molar-refractivity contribution in [2.24, 2.45) is 0 Å². The van der Waals surface area contributed by atoms with Crippen LogP contribution < -0.4 is 4.90 Å². The van der Waals surface area contributed by atoms with Gasteiger partial charge in [0, 0.05) is 43.9 Å². The predicted molar refractivity (Wildman–Crippen MR) is 128 cm³/mol. The van der Waals surface area contributed by atoms with E-state index in [1.54, 1.807) is 17.3 Å². The van der Waals surface area contributed by atoms with Crippen molar-refractivity contribution in [3.8, 4) is 0 Å². The molecule has 0 aliphatic carbocycles. The highest BCUT2D eigenvalue weighted by atomic mass is 16.6. The summed E-state index contributed by atoms with van der Waals surface area (Å²) in [4.78, 5) is 20.5. The molecule has 3 aromatic rings. The molecule has 2 heterocycles. The summed E-state index contributed by atoms with van der Waals surface area (Å²) in [6.45, 7) is 1.94. The summed E-state index contributed by atoms with van der Waals surface area (Å²) in [7, 11) is 1.81. The Kier molecular flexibility index (Phi) is 7.38. The second-order valence-corrected chi connectivity index (χ2v) is 8.26. The van der Waals surface area contributed by atoms with E-state index in [0.29, 0.717) is 13.2 Å². The van der Waals surface area contributed by atoms with Gasteiger partial charge in [0.2, 0.25) is 0 Å². The minimum absolute atomic E-state index is 0.253. The zero-order chi connectivity index (χ0) is 22.2. The van der Waals surface area contributed by atoms with Crippen molar-refractivity contribution in [1.29, 1.82) is 0 Å². The number of fused-ring (bicyclic) bond motifs is 2. The maximum atomic E-state index is 12.4. The molecule has 32 heavy (non-hydrogen) atoms. The summed E-state index contributed by atoms with van der Waals surface area (Å²) in [6.07, 6.45) is 7.98.